The van der Waals surface area contributed by atoms with E-state index in [2.05, 4.69) is 0 Å². The van der Waals surface area contributed by atoms with E-state index in [1.165, 1.54) is 12.1 Å². The minimum atomic E-state index is -0.577. The van der Waals surface area contributed by atoms with Crippen LogP contribution in [0.1, 0.15) is 0 Å². The lowest BCUT2D eigenvalue weighted by Crippen LogP contribution is -1.95. The largest absolute Gasteiger partial charge is 0.309 e. The van der Waals surface area contributed by atoms with Gasteiger partial charge in [0.1, 0.15) is 11.6 Å². The van der Waals surface area contributed by atoms with E-state index in [-0.39, 0.29) is 0 Å². The van der Waals surface area contributed by atoms with Gasteiger partial charge in [-0.15, -0.1) is 0 Å². The number of rotatable bonds is 1. The second-order valence-electron chi connectivity index (χ2n) is 5.00. The number of hydrogen-bond acceptors (Lipinski definition) is 0. The zero-order valence-corrected chi connectivity index (χ0v) is 11.1. The van der Waals surface area contributed by atoms with E-state index < -0.39 is 11.6 Å². The standard InChI is InChI=1S/C18H11F2N/c19-12-9-13(20)11-14(10-12)21-17-7-3-1-5-15(17)16-6-2-4-8-18(16)21/h1-11H. The highest BCUT2D eigenvalue weighted by atomic mass is 19.1. The molecule has 0 spiro atoms. The van der Waals surface area contributed by atoms with Crippen LogP contribution in [0.15, 0.2) is 66.7 Å². The number of nitrogens with zero attached hydrogens (tertiary/aromatic N) is 1. The van der Waals surface area contributed by atoms with Crippen molar-refractivity contribution in [3.05, 3.63) is 78.4 Å². The topological polar surface area (TPSA) is 4.93 Å². The van der Waals surface area contributed by atoms with Crippen molar-refractivity contribution in [3.63, 3.8) is 0 Å². The lowest BCUT2D eigenvalue weighted by Gasteiger charge is -2.08. The number of benzene rings is 3. The molecule has 3 aromatic carbocycles. The summed E-state index contributed by atoms with van der Waals surface area (Å²) in [6.45, 7) is 0. The molecule has 0 N–H and O–H groups in total. The smallest absolute Gasteiger partial charge is 0.128 e. The number of para-hydroxylation sites is 2. The Hall–Kier alpha value is -2.68. The Labute approximate surface area is 120 Å². The first-order valence-electron chi connectivity index (χ1n) is 6.69. The number of aromatic nitrogens is 1. The minimum Gasteiger partial charge on any atom is -0.309 e. The fraction of sp³-hybridized carbons (Fsp3) is 0. The molecule has 0 bridgehead atoms. The van der Waals surface area contributed by atoms with E-state index in [1.54, 1.807) is 0 Å². The first kappa shape index (κ1) is 12.1. The number of fused-ring (bicyclic) bond motifs is 3. The molecule has 0 saturated heterocycles. The minimum absolute atomic E-state index is 0.491. The quantitative estimate of drug-likeness (QED) is 0.459. The fourth-order valence-electron chi connectivity index (χ4n) is 2.87. The molecule has 3 heteroatoms. The third-order valence-corrected chi connectivity index (χ3v) is 3.69. The zero-order valence-electron chi connectivity index (χ0n) is 11.1. The van der Waals surface area contributed by atoms with Crippen molar-refractivity contribution in [2.45, 2.75) is 0 Å². The van der Waals surface area contributed by atoms with Crippen LogP contribution in [0.4, 0.5) is 8.78 Å². The third-order valence-electron chi connectivity index (χ3n) is 3.69. The molecule has 0 aliphatic rings. The fourth-order valence-corrected chi connectivity index (χ4v) is 2.87. The Morgan fingerprint density at radius 1 is 0.619 bits per heavy atom. The first-order valence-corrected chi connectivity index (χ1v) is 6.69. The maximum atomic E-state index is 13.6. The lowest BCUT2D eigenvalue weighted by atomic mass is 10.2. The van der Waals surface area contributed by atoms with Crippen molar-refractivity contribution in [1.82, 2.24) is 4.57 Å². The van der Waals surface area contributed by atoms with E-state index in [4.69, 9.17) is 0 Å². The van der Waals surface area contributed by atoms with Crippen LogP contribution in [-0.4, -0.2) is 4.57 Å². The molecule has 1 aromatic heterocycles. The Balaban J connectivity index is 2.20. The maximum Gasteiger partial charge on any atom is 0.128 e. The van der Waals surface area contributed by atoms with Crippen LogP contribution in [0.25, 0.3) is 27.5 Å². The molecule has 1 heterocycles. The second kappa shape index (κ2) is 4.42. The van der Waals surface area contributed by atoms with Gasteiger partial charge in [0.05, 0.1) is 16.7 Å². The summed E-state index contributed by atoms with van der Waals surface area (Å²) in [5.41, 5.74) is 2.36. The predicted molar refractivity (Wildman–Crippen MR) is 80.7 cm³/mol. The summed E-state index contributed by atoms with van der Waals surface area (Å²) in [5.74, 6) is -1.15. The maximum absolute atomic E-state index is 13.6. The van der Waals surface area contributed by atoms with Gasteiger partial charge in [0.15, 0.2) is 0 Å². The van der Waals surface area contributed by atoms with Gasteiger partial charge >= 0.3 is 0 Å². The van der Waals surface area contributed by atoms with Crippen LogP contribution in [0.2, 0.25) is 0 Å². The lowest BCUT2D eigenvalue weighted by molar-refractivity contribution is 0.582. The normalized spacial score (nSPS) is 11.3. The van der Waals surface area contributed by atoms with Gasteiger partial charge in [0.25, 0.3) is 0 Å². The van der Waals surface area contributed by atoms with Gasteiger partial charge < -0.3 is 4.57 Å². The van der Waals surface area contributed by atoms with E-state index in [1.807, 2.05) is 53.1 Å². The van der Waals surface area contributed by atoms with E-state index in [0.717, 1.165) is 27.9 Å². The van der Waals surface area contributed by atoms with Crippen molar-refractivity contribution >= 4 is 21.8 Å². The van der Waals surface area contributed by atoms with Gasteiger partial charge in [-0.2, -0.15) is 0 Å². The van der Waals surface area contributed by atoms with Crippen molar-refractivity contribution in [2.24, 2.45) is 0 Å². The molecule has 0 fully saturated rings. The summed E-state index contributed by atoms with van der Waals surface area (Å²) >= 11 is 0. The van der Waals surface area contributed by atoms with Gasteiger partial charge in [-0.05, 0) is 24.3 Å². The van der Waals surface area contributed by atoms with Crippen LogP contribution in [0.5, 0.6) is 0 Å². The number of hydrogen-bond donors (Lipinski definition) is 0. The zero-order chi connectivity index (χ0) is 14.4. The van der Waals surface area contributed by atoms with E-state index in [9.17, 15) is 8.78 Å². The van der Waals surface area contributed by atoms with Crippen LogP contribution in [0.3, 0.4) is 0 Å². The van der Waals surface area contributed by atoms with E-state index in [0.29, 0.717) is 5.69 Å². The molecule has 102 valence electrons. The average molecular weight is 279 g/mol. The predicted octanol–water partition coefficient (Wildman–Crippen LogP) is 5.06. The monoisotopic (exact) mass is 279 g/mol. The van der Waals surface area contributed by atoms with Crippen LogP contribution >= 0.6 is 0 Å². The van der Waals surface area contributed by atoms with Gasteiger partial charge in [0, 0.05) is 16.8 Å². The van der Waals surface area contributed by atoms with Gasteiger partial charge in [0.2, 0.25) is 0 Å². The Morgan fingerprint density at radius 3 is 1.62 bits per heavy atom. The molecule has 0 saturated carbocycles. The molecular weight excluding hydrogens is 268 g/mol. The Bertz CT molecular complexity index is 896. The van der Waals surface area contributed by atoms with Crippen molar-refractivity contribution < 1.29 is 8.78 Å². The SMILES string of the molecule is Fc1cc(F)cc(-n2c3ccccc3c3ccccc32)c1. The molecule has 21 heavy (non-hydrogen) atoms. The summed E-state index contributed by atoms with van der Waals surface area (Å²) in [6, 6.07) is 19.3. The van der Waals surface area contributed by atoms with Crippen molar-refractivity contribution in [1.29, 1.82) is 0 Å². The molecule has 4 aromatic rings. The molecule has 0 unspecified atom stereocenters. The van der Waals surface area contributed by atoms with Crippen LogP contribution < -0.4 is 0 Å². The highest BCUT2D eigenvalue weighted by Gasteiger charge is 2.12. The summed E-state index contributed by atoms with van der Waals surface area (Å²) in [5, 5.41) is 2.13. The molecule has 0 atom stereocenters. The second-order valence-corrected chi connectivity index (χ2v) is 5.00. The summed E-state index contributed by atoms with van der Waals surface area (Å²) in [4.78, 5) is 0. The van der Waals surface area contributed by atoms with Gasteiger partial charge in [-0.25, -0.2) is 8.78 Å². The summed E-state index contributed by atoms with van der Waals surface area (Å²) in [7, 11) is 0. The molecule has 4 rings (SSSR count). The highest BCUT2D eigenvalue weighted by molar-refractivity contribution is 6.09. The van der Waals surface area contributed by atoms with E-state index >= 15 is 0 Å². The number of halogens is 2. The van der Waals surface area contributed by atoms with Crippen molar-refractivity contribution in [2.75, 3.05) is 0 Å². The van der Waals surface area contributed by atoms with Gasteiger partial charge in [-0.1, -0.05) is 36.4 Å². The van der Waals surface area contributed by atoms with Gasteiger partial charge in [-0.3, -0.25) is 0 Å². The first-order chi connectivity index (χ1) is 10.2. The highest BCUT2D eigenvalue weighted by Crippen LogP contribution is 2.31. The molecule has 0 aliphatic heterocycles. The molecule has 1 nitrogen and oxygen atoms in total. The molecule has 0 radical (unpaired) electrons. The molecule has 0 aliphatic carbocycles. The summed E-state index contributed by atoms with van der Waals surface area (Å²) < 4.78 is 29.0. The Kier molecular flexibility index (Phi) is 2.54. The Morgan fingerprint density at radius 2 is 1.10 bits per heavy atom. The summed E-state index contributed by atoms with van der Waals surface area (Å²) in [6.07, 6.45) is 0. The van der Waals surface area contributed by atoms with Crippen LogP contribution in [0, 0.1) is 11.6 Å². The average Bonchev–Trinajstić information content (AvgIpc) is 2.81. The third kappa shape index (κ3) is 1.82. The van der Waals surface area contributed by atoms with Crippen LogP contribution in [-0.2, 0) is 0 Å². The molecular formula is C18H11F2N. The molecule has 0 amide bonds. The van der Waals surface area contributed by atoms with Crippen molar-refractivity contribution in [3.8, 4) is 5.69 Å².